The molecular weight excluding hydrogens is 228 g/mol. The standard InChI is InChI=1S/C10H11BrN2/c1-7-12-9-5-8(6-11)3-4-10(9)13(7)2/h3-5H,6H2,1-2H3. The van der Waals surface area contributed by atoms with Gasteiger partial charge in [-0.3, -0.25) is 0 Å². The highest BCUT2D eigenvalue weighted by Crippen LogP contribution is 2.17. The van der Waals surface area contributed by atoms with E-state index in [9.17, 15) is 0 Å². The lowest BCUT2D eigenvalue weighted by atomic mass is 10.2. The molecule has 13 heavy (non-hydrogen) atoms. The van der Waals surface area contributed by atoms with Crippen LogP contribution in [-0.4, -0.2) is 9.55 Å². The fourth-order valence-corrected chi connectivity index (χ4v) is 1.80. The van der Waals surface area contributed by atoms with Crippen molar-refractivity contribution < 1.29 is 0 Å². The van der Waals surface area contributed by atoms with Gasteiger partial charge >= 0.3 is 0 Å². The number of hydrogen-bond donors (Lipinski definition) is 0. The molecule has 0 aliphatic rings. The van der Waals surface area contributed by atoms with Gasteiger partial charge in [-0.25, -0.2) is 4.98 Å². The monoisotopic (exact) mass is 238 g/mol. The Kier molecular flexibility index (Phi) is 2.12. The molecule has 1 heterocycles. The molecule has 0 spiro atoms. The van der Waals surface area contributed by atoms with Crippen LogP contribution in [0, 0.1) is 6.92 Å². The number of hydrogen-bond acceptors (Lipinski definition) is 1. The van der Waals surface area contributed by atoms with Gasteiger partial charge < -0.3 is 4.57 Å². The van der Waals surface area contributed by atoms with E-state index in [0.717, 1.165) is 16.7 Å². The molecule has 0 saturated carbocycles. The van der Waals surface area contributed by atoms with Crippen LogP contribution in [0.15, 0.2) is 18.2 Å². The van der Waals surface area contributed by atoms with E-state index in [0.29, 0.717) is 0 Å². The molecule has 3 heteroatoms. The van der Waals surface area contributed by atoms with Gasteiger partial charge in [0.1, 0.15) is 5.82 Å². The average Bonchev–Trinajstić information content (AvgIpc) is 2.42. The molecule has 0 aliphatic carbocycles. The van der Waals surface area contributed by atoms with Crippen LogP contribution in [0.2, 0.25) is 0 Å². The first kappa shape index (κ1) is 8.75. The molecule has 0 N–H and O–H groups in total. The Morgan fingerprint density at radius 2 is 2.23 bits per heavy atom. The Hall–Kier alpha value is -0.830. The zero-order chi connectivity index (χ0) is 9.42. The molecule has 0 atom stereocenters. The van der Waals surface area contributed by atoms with Crippen molar-refractivity contribution in [2.24, 2.45) is 7.05 Å². The van der Waals surface area contributed by atoms with Crippen LogP contribution in [0.1, 0.15) is 11.4 Å². The van der Waals surface area contributed by atoms with Gasteiger partial charge in [-0.2, -0.15) is 0 Å². The van der Waals surface area contributed by atoms with Crippen LogP contribution in [0.3, 0.4) is 0 Å². The number of imidazole rings is 1. The van der Waals surface area contributed by atoms with Gasteiger partial charge in [-0.15, -0.1) is 0 Å². The van der Waals surface area contributed by atoms with Crippen molar-refractivity contribution in [1.82, 2.24) is 9.55 Å². The van der Waals surface area contributed by atoms with Crippen LogP contribution in [0.4, 0.5) is 0 Å². The summed E-state index contributed by atoms with van der Waals surface area (Å²) >= 11 is 3.43. The highest BCUT2D eigenvalue weighted by atomic mass is 79.9. The molecule has 1 aromatic carbocycles. The number of aryl methyl sites for hydroxylation is 2. The topological polar surface area (TPSA) is 17.8 Å². The van der Waals surface area contributed by atoms with E-state index < -0.39 is 0 Å². The molecule has 2 nitrogen and oxygen atoms in total. The predicted octanol–water partition coefficient (Wildman–Crippen LogP) is 2.78. The molecule has 1 aromatic heterocycles. The maximum absolute atomic E-state index is 4.46. The molecule has 0 fully saturated rings. The summed E-state index contributed by atoms with van der Waals surface area (Å²) in [5.74, 6) is 1.06. The minimum absolute atomic E-state index is 0.887. The van der Waals surface area contributed by atoms with Crippen molar-refractivity contribution in [3.8, 4) is 0 Å². The number of alkyl halides is 1. The molecule has 2 rings (SSSR count). The fraction of sp³-hybridized carbons (Fsp3) is 0.300. The second-order valence-electron chi connectivity index (χ2n) is 3.17. The quantitative estimate of drug-likeness (QED) is 0.699. The first-order chi connectivity index (χ1) is 6.22. The lowest BCUT2D eigenvalue weighted by Gasteiger charge is -1.97. The molecule has 0 amide bonds. The lowest BCUT2D eigenvalue weighted by molar-refractivity contribution is 0.886. The molecule has 0 saturated heterocycles. The molecule has 0 radical (unpaired) electrons. The second kappa shape index (κ2) is 3.14. The Labute approximate surface area is 85.7 Å². The zero-order valence-corrected chi connectivity index (χ0v) is 9.30. The number of halogens is 1. The van der Waals surface area contributed by atoms with Gasteiger partial charge in [0.2, 0.25) is 0 Å². The molecule has 0 bridgehead atoms. The summed E-state index contributed by atoms with van der Waals surface area (Å²) in [7, 11) is 2.04. The van der Waals surface area contributed by atoms with Crippen LogP contribution < -0.4 is 0 Å². The van der Waals surface area contributed by atoms with Crippen molar-refractivity contribution in [3.05, 3.63) is 29.6 Å². The molecule has 68 valence electrons. The van der Waals surface area contributed by atoms with Crippen molar-refractivity contribution in [2.45, 2.75) is 12.3 Å². The maximum Gasteiger partial charge on any atom is 0.106 e. The molecule has 2 aromatic rings. The predicted molar refractivity (Wildman–Crippen MR) is 58.1 cm³/mol. The maximum atomic E-state index is 4.46. The van der Waals surface area contributed by atoms with Gasteiger partial charge in [0.05, 0.1) is 11.0 Å². The van der Waals surface area contributed by atoms with Gasteiger partial charge in [0.25, 0.3) is 0 Å². The number of fused-ring (bicyclic) bond motifs is 1. The Morgan fingerprint density at radius 3 is 2.92 bits per heavy atom. The summed E-state index contributed by atoms with van der Waals surface area (Å²) < 4.78 is 2.10. The summed E-state index contributed by atoms with van der Waals surface area (Å²) in [5, 5.41) is 0.887. The molecular formula is C10H11BrN2. The first-order valence-electron chi connectivity index (χ1n) is 4.20. The Balaban J connectivity index is 2.73. The summed E-state index contributed by atoms with van der Waals surface area (Å²) in [5.41, 5.74) is 3.55. The van der Waals surface area contributed by atoms with E-state index in [1.165, 1.54) is 11.1 Å². The largest absolute Gasteiger partial charge is 0.331 e. The third kappa shape index (κ3) is 1.37. The van der Waals surface area contributed by atoms with Crippen LogP contribution in [0.5, 0.6) is 0 Å². The third-order valence-corrected chi connectivity index (χ3v) is 2.97. The summed E-state index contributed by atoms with van der Waals surface area (Å²) in [6.07, 6.45) is 0. The van der Waals surface area contributed by atoms with Gasteiger partial charge in [0, 0.05) is 12.4 Å². The number of nitrogens with zero attached hydrogens (tertiary/aromatic N) is 2. The summed E-state index contributed by atoms with van der Waals surface area (Å²) in [4.78, 5) is 4.46. The van der Waals surface area contributed by atoms with Crippen LogP contribution in [-0.2, 0) is 12.4 Å². The Bertz CT molecular complexity index is 445. The van der Waals surface area contributed by atoms with E-state index >= 15 is 0 Å². The number of rotatable bonds is 1. The van der Waals surface area contributed by atoms with Crippen molar-refractivity contribution in [1.29, 1.82) is 0 Å². The number of benzene rings is 1. The summed E-state index contributed by atoms with van der Waals surface area (Å²) in [6, 6.07) is 6.36. The van der Waals surface area contributed by atoms with E-state index in [2.05, 4.69) is 43.7 Å². The highest BCUT2D eigenvalue weighted by Gasteiger charge is 2.03. The lowest BCUT2D eigenvalue weighted by Crippen LogP contribution is -1.89. The van der Waals surface area contributed by atoms with E-state index in [1.807, 2.05) is 14.0 Å². The molecule has 0 aliphatic heterocycles. The highest BCUT2D eigenvalue weighted by molar-refractivity contribution is 9.08. The SMILES string of the molecule is Cc1nc2cc(CBr)ccc2n1C. The summed E-state index contributed by atoms with van der Waals surface area (Å²) in [6.45, 7) is 2.02. The fourth-order valence-electron chi connectivity index (χ4n) is 1.45. The van der Waals surface area contributed by atoms with Gasteiger partial charge in [0.15, 0.2) is 0 Å². The zero-order valence-electron chi connectivity index (χ0n) is 7.71. The van der Waals surface area contributed by atoms with E-state index in [4.69, 9.17) is 0 Å². The van der Waals surface area contributed by atoms with Gasteiger partial charge in [-0.05, 0) is 24.6 Å². The van der Waals surface area contributed by atoms with Crippen molar-refractivity contribution >= 4 is 27.0 Å². The number of aromatic nitrogens is 2. The van der Waals surface area contributed by atoms with Crippen LogP contribution >= 0.6 is 15.9 Å². The van der Waals surface area contributed by atoms with Crippen LogP contribution in [0.25, 0.3) is 11.0 Å². The normalized spacial score (nSPS) is 11.0. The first-order valence-corrected chi connectivity index (χ1v) is 5.32. The Morgan fingerprint density at radius 1 is 1.46 bits per heavy atom. The third-order valence-electron chi connectivity index (χ3n) is 2.32. The smallest absolute Gasteiger partial charge is 0.106 e. The average molecular weight is 239 g/mol. The second-order valence-corrected chi connectivity index (χ2v) is 3.74. The van der Waals surface area contributed by atoms with E-state index in [1.54, 1.807) is 0 Å². The minimum atomic E-state index is 0.887. The molecule has 0 unspecified atom stereocenters. The van der Waals surface area contributed by atoms with Gasteiger partial charge in [-0.1, -0.05) is 22.0 Å². The van der Waals surface area contributed by atoms with Crippen molar-refractivity contribution in [3.63, 3.8) is 0 Å². The van der Waals surface area contributed by atoms with Crippen molar-refractivity contribution in [2.75, 3.05) is 0 Å². The minimum Gasteiger partial charge on any atom is -0.331 e. The van der Waals surface area contributed by atoms with E-state index in [-0.39, 0.29) is 0 Å².